The van der Waals surface area contributed by atoms with Crippen LogP contribution in [0.1, 0.15) is 28.9 Å². The largest absolute Gasteiger partial charge is 0.337 e. The second-order valence-corrected chi connectivity index (χ2v) is 8.07. The zero-order chi connectivity index (χ0) is 18.7. The van der Waals surface area contributed by atoms with E-state index in [1.165, 1.54) is 24.4 Å². The average Bonchev–Trinajstić information content (AvgIpc) is 2.62. The molecule has 1 aromatic heterocycles. The van der Waals surface area contributed by atoms with E-state index < -0.39 is 21.9 Å². The van der Waals surface area contributed by atoms with Gasteiger partial charge in [0.1, 0.15) is 5.82 Å². The number of pyridine rings is 1. The van der Waals surface area contributed by atoms with E-state index in [9.17, 15) is 17.6 Å². The predicted molar refractivity (Wildman–Crippen MR) is 94.6 cm³/mol. The number of rotatable bonds is 4. The zero-order valence-electron chi connectivity index (χ0n) is 14.4. The number of amides is 1. The van der Waals surface area contributed by atoms with Gasteiger partial charge in [-0.3, -0.25) is 9.78 Å². The number of carbonyl (C=O) groups excluding carboxylic acids is 1. The summed E-state index contributed by atoms with van der Waals surface area (Å²) in [4.78, 5) is 18.2. The molecular weight excluding hydrogens is 357 g/mol. The van der Waals surface area contributed by atoms with Crippen LogP contribution in [-0.2, 0) is 10.0 Å². The molecule has 3 rings (SSSR count). The molecule has 6 nitrogen and oxygen atoms in total. The topological polar surface area (TPSA) is 79.4 Å². The predicted octanol–water partition coefficient (Wildman–Crippen LogP) is 2.11. The summed E-state index contributed by atoms with van der Waals surface area (Å²) in [5.41, 5.74) is 1.30. The number of sulfonamides is 1. The molecule has 0 unspecified atom stereocenters. The van der Waals surface area contributed by atoms with Gasteiger partial charge in [-0.15, -0.1) is 0 Å². The van der Waals surface area contributed by atoms with Gasteiger partial charge in [0.25, 0.3) is 5.91 Å². The molecule has 1 amide bonds. The number of hydrogen-bond acceptors (Lipinski definition) is 4. The Balaban J connectivity index is 1.70. The van der Waals surface area contributed by atoms with Crippen LogP contribution in [0.2, 0.25) is 0 Å². The fourth-order valence-electron chi connectivity index (χ4n) is 2.96. The van der Waals surface area contributed by atoms with E-state index in [-0.39, 0.29) is 17.3 Å². The second-order valence-electron chi connectivity index (χ2n) is 6.36. The smallest absolute Gasteiger partial charge is 0.255 e. The molecule has 1 saturated heterocycles. The van der Waals surface area contributed by atoms with Crippen LogP contribution in [-0.4, -0.2) is 43.3 Å². The molecule has 0 spiro atoms. The maximum absolute atomic E-state index is 13.3. The number of aryl methyl sites for hydroxylation is 1. The lowest BCUT2D eigenvalue weighted by molar-refractivity contribution is 0.0702. The molecule has 1 aliphatic heterocycles. The Morgan fingerprint density at radius 3 is 2.81 bits per heavy atom. The summed E-state index contributed by atoms with van der Waals surface area (Å²) in [6.07, 6.45) is 2.82. The highest BCUT2D eigenvalue weighted by Crippen LogP contribution is 2.17. The first-order valence-electron chi connectivity index (χ1n) is 8.35. The summed E-state index contributed by atoms with van der Waals surface area (Å²) in [7, 11) is -3.84. The van der Waals surface area contributed by atoms with Gasteiger partial charge < -0.3 is 4.90 Å². The number of aromatic nitrogens is 1. The van der Waals surface area contributed by atoms with E-state index in [0.29, 0.717) is 24.9 Å². The SMILES string of the molecule is Cc1ccc(C(=O)N2CCC[C@@H](NS(=O)(=O)c3cccc(F)c3)C2)cn1. The monoisotopic (exact) mass is 377 g/mol. The minimum Gasteiger partial charge on any atom is -0.337 e. The van der Waals surface area contributed by atoms with E-state index in [1.54, 1.807) is 17.0 Å². The van der Waals surface area contributed by atoms with E-state index in [0.717, 1.165) is 11.8 Å². The minimum atomic E-state index is -3.84. The number of carbonyl (C=O) groups is 1. The first-order chi connectivity index (χ1) is 12.3. The van der Waals surface area contributed by atoms with Crippen LogP contribution in [0.25, 0.3) is 0 Å². The minimum absolute atomic E-state index is 0.122. The van der Waals surface area contributed by atoms with E-state index >= 15 is 0 Å². The standard InChI is InChI=1S/C18H20FN3O3S/c1-13-7-8-14(11-20-13)18(23)22-9-3-5-16(12-22)21-26(24,25)17-6-2-4-15(19)10-17/h2,4,6-8,10-11,16,21H,3,5,9,12H2,1H3/t16-/m1/s1. The summed E-state index contributed by atoms with van der Waals surface area (Å²) in [6, 6.07) is 7.92. The van der Waals surface area contributed by atoms with Crippen molar-refractivity contribution in [2.24, 2.45) is 0 Å². The van der Waals surface area contributed by atoms with Crippen LogP contribution in [0.5, 0.6) is 0 Å². The molecule has 2 aromatic rings. The normalized spacial score (nSPS) is 17.9. The molecule has 1 fully saturated rings. The lowest BCUT2D eigenvalue weighted by Crippen LogP contribution is -2.49. The molecule has 26 heavy (non-hydrogen) atoms. The van der Waals surface area contributed by atoms with Gasteiger partial charge in [0.15, 0.2) is 0 Å². The quantitative estimate of drug-likeness (QED) is 0.885. The first kappa shape index (κ1) is 18.5. The number of halogens is 1. The summed E-state index contributed by atoms with van der Waals surface area (Å²) in [5, 5.41) is 0. The van der Waals surface area contributed by atoms with Crippen molar-refractivity contribution in [1.82, 2.24) is 14.6 Å². The van der Waals surface area contributed by atoms with E-state index in [2.05, 4.69) is 9.71 Å². The van der Waals surface area contributed by atoms with Crippen LogP contribution in [0.15, 0.2) is 47.5 Å². The van der Waals surface area contributed by atoms with Gasteiger partial charge in [0.2, 0.25) is 10.0 Å². The molecule has 0 aliphatic carbocycles. The van der Waals surface area contributed by atoms with Gasteiger partial charge in [0, 0.05) is 31.0 Å². The molecule has 0 radical (unpaired) electrons. The molecule has 8 heteroatoms. The first-order valence-corrected chi connectivity index (χ1v) is 9.83. The van der Waals surface area contributed by atoms with Crippen molar-refractivity contribution < 1.29 is 17.6 Å². The fourth-order valence-corrected chi connectivity index (χ4v) is 4.25. The highest BCUT2D eigenvalue weighted by molar-refractivity contribution is 7.89. The third kappa shape index (κ3) is 4.25. The third-order valence-corrected chi connectivity index (χ3v) is 5.81. The fraction of sp³-hybridized carbons (Fsp3) is 0.333. The second kappa shape index (κ2) is 7.51. The van der Waals surface area contributed by atoms with Crippen molar-refractivity contribution in [3.8, 4) is 0 Å². The van der Waals surface area contributed by atoms with Gasteiger partial charge in [0.05, 0.1) is 10.5 Å². The maximum Gasteiger partial charge on any atom is 0.255 e. The van der Waals surface area contributed by atoms with Gasteiger partial charge in [-0.2, -0.15) is 0 Å². The third-order valence-electron chi connectivity index (χ3n) is 4.30. The lowest BCUT2D eigenvalue weighted by atomic mass is 10.1. The lowest BCUT2D eigenvalue weighted by Gasteiger charge is -2.33. The molecule has 1 N–H and O–H groups in total. The highest BCUT2D eigenvalue weighted by Gasteiger charge is 2.28. The van der Waals surface area contributed by atoms with Crippen molar-refractivity contribution in [3.63, 3.8) is 0 Å². The Hall–Kier alpha value is -2.32. The van der Waals surface area contributed by atoms with Crippen molar-refractivity contribution in [2.75, 3.05) is 13.1 Å². The molecule has 1 atom stereocenters. The molecule has 0 saturated carbocycles. The van der Waals surface area contributed by atoms with Crippen molar-refractivity contribution in [1.29, 1.82) is 0 Å². The molecule has 1 aromatic carbocycles. The number of likely N-dealkylation sites (tertiary alicyclic amines) is 1. The van der Waals surface area contributed by atoms with Crippen LogP contribution in [0.3, 0.4) is 0 Å². The van der Waals surface area contributed by atoms with E-state index in [1.807, 2.05) is 6.92 Å². The molecule has 1 aliphatic rings. The molecule has 2 heterocycles. The molecular formula is C18H20FN3O3S. The number of piperidine rings is 1. The summed E-state index contributed by atoms with van der Waals surface area (Å²) >= 11 is 0. The highest BCUT2D eigenvalue weighted by atomic mass is 32.2. The Morgan fingerprint density at radius 2 is 2.12 bits per heavy atom. The Bertz CT molecular complexity index is 900. The van der Waals surface area contributed by atoms with Gasteiger partial charge in [-0.05, 0) is 50.1 Å². The maximum atomic E-state index is 13.3. The zero-order valence-corrected chi connectivity index (χ0v) is 15.2. The van der Waals surface area contributed by atoms with Crippen molar-refractivity contribution >= 4 is 15.9 Å². The van der Waals surface area contributed by atoms with Crippen LogP contribution < -0.4 is 4.72 Å². The number of hydrogen-bond donors (Lipinski definition) is 1. The van der Waals surface area contributed by atoms with Crippen LogP contribution >= 0.6 is 0 Å². The Kier molecular flexibility index (Phi) is 5.33. The van der Waals surface area contributed by atoms with Crippen LogP contribution in [0.4, 0.5) is 4.39 Å². The van der Waals surface area contributed by atoms with E-state index in [4.69, 9.17) is 0 Å². The van der Waals surface area contributed by atoms with Crippen LogP contribution in [0, 0.1) is 12.7 Å². The van der Waals surface area contributed by atoms with Crippen molar-refractivity contribution in [3.05, 3.63) is 59.7 Å². The Morgan fingerprint density at radius 1 is 1.31 bits per heavy atom. The van der Waals surface area contributed by atoms with Crippen molar-refractivity contribution in [2.45, 2.75) is 30.7 Å². The summed E-state index contributed by atoms with van der Waals surface area (Å²) in [6.45, 7) is 2.67. The summed E-state index contributed by atoms with van der Waals surface area (Å²) in [5.74, 6) is -0.785. The van der Waals surface area contributed by atoms with Gasteiger partial charge >= 0.3 is 0 Å². The molecule has 0 bridgehead atoms. The number of benzene rings is 1. The number of nitrogens with one attached hydrogen (secondary N) is 1. The van der Waals surface area contributed by atoms with Gasteiger partial charge in [-0.25, -0.2) is 17.5 Å². The Labute approximate surface area is 152 Å². The average molecular weight is 377 g/mol. The number of nitrogens with zero attached hydrogens (tertiary/aromatic N) is 2. The van der Waals surface area contributed by atoms with Gasteiger partial charge in [-0.1, -0.05) is 6.07 Å². The summed E-state index contributed by atoms with van der Waals surface area (Å²) < 4.78 is 40.8. The molecule has 138 valence electrons.